The number of nitrogens with one attached hydrogen (secondary N) is 1. The van der Waals surface area contributed by atoms with Crippen molar-refractivity contribution in [3.63, 3.8) is 0 Å². The van der Waals surface area contributed by atoms with Gasteiger partial charge in [-0.15, -0.1) is 0 Å². The zero-order chi connectivity index (χ0) is 13.1. The predicted octanol–water partition coefficient (Wildman–Crippen LogP) is 2.72. The molecule has 0 amide bonds. The summed E-state index contributed by atoms with van der Waals surface area (Å²) in [6.45, 7) is 7.03. The largest absolute Gasteiger partial charge is 0.363 e. The second-order valence-electron chi connectivity index (χ2n) is 6.59. The Bertz CT molecular complexity index is 330. The lowest BCUT2D eigenvalue weighted by Gasteiger charge is -2.32. The quantitative estimate of drug-likeness (QED) is 0.862. The van der Waals surface area contributed by atoms with Crippen LogP contribution in [0.2, 0.25) is 0 Å². The summed E-state index contributed by atoms with van der Waals surface area (Å²) in [6.07, 6.45) is 8.41. The first-order valence-electron chi connectivity index (χ1n) is 7.93. The molecule has 4 heteroatoms. The Kier molecular flexibility index (Phi) is 4.37. The smallest absolute Gasteiger partial charge is 0.156 e. The molecule has 1 unspecified atom stereocenters. The SMILES string of the molecule is CC(CNC1=NCC2(CCCC2)CS1)N1CCCC1. The van der Waals surface area contributed by atoms with Gasteiger partial charge in [0.1, 0.15) is 0 Å². The van der Waals surface area contributed by atoms with E-state index < -0.39 is 0 Å². The Balaban J connectivity index is 1.44. The lowest BCUT2D eigenvalue weighted by molar-refractivity contribution is 0.259. The maximum Gasteiger partial charge on any atom is 0.156 e. The van der Waals surface area contributed by atoms with Crippen LogP contribution in [0, 0.1) is 5.41 Å². The molecule has 0 radical (unpaired) electrons. The van der Waals surface area contributed by atoms with Crippen LogP contribution >= 0.6 is 11.8 Å². The lowest BCUT2D eigenvalue weighted by atomic mass is 9.89. The third-order valence-corrected chi connectivity index (χ3v) is 6.35. The van der Waals surface area contributed by atoms with Crippen LogP contribution in [-0.2, 0) is 0 Å². The van der Waals surface area contributed by atoms with Gasteiger partial charge in [0.05, 0.1) is 0 Å². The highest BCUT2D eigenvalue weighted by Crippen LogP contribution is 2.43. The first-order valence-corrected chi connectivity index (χ1v) is 8.91. The van der Waals surface area contributed by atoms with Crippen LogP contribution < -0.4 is 5.32 Å². The van der Waals surface area contributed by atoms with E-state index in [1.807, 2.05) is 11.8 Å². The topological polar surface area (TPSA) is 27.6 Å². The van der Waals surface area contributed by atoms with Gasteiger partial charge in [-0.05, 0) is 51.1 Å². The van der Waals surface area contributed by atoms with Crippen molar-refractivity contribution in [3.8, 4) is 0 Å². The molecular formula is C15H27N3S. The van der Waals surface area contributed by atoms with Crippen molar-refractivity contribution in [2.24, 2.45) is 10.4 Å². The summed E-state index contributed by atoms with van der Waals surface area (Å²) in [6, 6.07) is 0.646. The van der Waals surface area contributed by atoms with Crippen molar-refractivity contribution in [2.75, 3.05) is 31.9 Å². The molecule has 0 bridgehead atoms. The van der Waals surface area contributed by atoms with Gasteiger partial charge in [0.25, 0.3) is 0 Å². The van der Waals surface area contributed by atoms with Gasteiger partial charge < -0.3 is 5.32 Å². The lowest BCUT2D eigenvalue weighted by Crippen LogP contribution is -2.41. The molecular weight excluding hydrogens is 254 g/mol. The molecule has 0 aromatic carbocycles. The van der Waals surface area contributed by atoms with E-state index in [0.29, 0.717) is 11.5 Å². The normalized spacial score (nSPS) is 28.6. The fourth-order valence-electron chi connectivity index (χ4n) is 3.63. The molecule has 0 aromatic heterocycles. The molecule has 108 valence electrons. The zero-order valence-corrected chi connectivity index (χ0v) is 13.0. The molecule has 1 atom stereocenters. The minimum Gasteiger partial charge on any atom is -0.363 e. The average Bonchev–Trinajstić information content (AvgIpc) is 3.09. The second kappa shape index (κ2) is 6.04. The van der Waals surface area contributed by atoms with E-state index in [0.717, 1.165) is 13.1 Å². The molecule has 2 aliphatic heterocycles. The number of likely N-dealkylation sites (tertiary alicyclic amines) is 1. The molecule has 0 aromatic rings. The van der Waals surface area contributed by atoms with E-state index in [4.69, 9.17) is 4.99 Å². The van der Waals surface area contributed by atoms with Gasteiger partial charge in [-0.1, -0.05) is 24.6 Å². The summed E-state index contributed by atoms with van der Waals surface area (Å²) < 4.78 is 0. The number of amidine groups is 1. The Morgan fingerprint density at radius 3 is 2.63 bits per heavy atom. The molecule has 3 nitrogen and oxygen atoms in total. The van der Waals surface area contributed by atoms with Crippen LogP contribution in [0.4, 0.5) is 0 Å². The van der Waals surface area contributed by atoms with Gasteiger partial charge in [0.2, 0.25) is 0 Å². The second-order valence-corrected chi connectivity index (χ2v) is 7.55. The fraction of sp³-hybridized carbons (Fsp3) is 0.933. The van der Waals surface area contributed by atoms with Gasteiger partial charge in [-0.25, -0.2) is 0 Å². The van der Waals surface area contributed by atoms with E-state index in [9.17, 15) is 0 Å². The first kappa shape index (κ1) is 13.7. The summed E-state index contributed by atoms with van der Waals surface area (Å²) in [7, 11) is 0. The third-order valence-electron chi connectivity index (χ3n) is 5.05. The van der Waals surface area contributed by atoms with Gasteiger partial charge in [-0.3, -0.25) is 9.89 Å². The van der Waals surface area contributed by atoms with Crippen molar-refractivity contribution < 1.29 is 0 Å². The van der Waals surface area contributed by atoms with Crippen LogP contribution in [0.1, 0.15) is 45.4 Å². The highest BCUT2D eigenvalue weighted by atomic mass is 32.2. The van der Waals surface area contributed by atoms with E-state index in [-0.39, 0.29) is 0 Å². The summed E-state index contributed by atoms with van der Waals surface area (Å²) in [5, 5.41) is 4.77. The zero-order valence-electron chi connectivity index (χ0n) is 12.2. The third kappa shape index (κ3) is 3.27. The number of aliphatic imine (C=N–C) groups is 1. The monoisotopic (exact) mass is 281 g/mol. The summed E-state index contributed by atoms with van der Waals surface area (Å²) >= 11 is 1.96. The summed E-state index contributed by atoms with van der Waals surface area (Å²) in [5.41, 5.74) is 0.566. The molecule has 1 aliphatic carbocycles. The minimum absolute atomic E-state index is 0.566. The summed E-state index contributed by atoms with van der Waals surface area (Å²) in [4.78, 5) is 7.41. The highest BCUT2D eigenvalue weighted by Gasteiger charge is 2.36. The Hall–Kier alpha value is -0.220. The molecule has 1 N–H and O–H groups in total. The fourth-order valence-corrected chi connectivity index (χ4v) is 4.80. The average molecular weight is 281 g/mol. The maximum atomic E-state index is 4.81. The van der Waals surface area contributed by atoms with E-state index >= 15 is 0 Å². The van der Waals surface area contributed by atoms with Crippen molar-refractivity contribution in [2.45, 2.75) is 51.5 Å². The van der Waals surface area contributed by atoms with Crippen LogP contribution in [0.15, 0.2) is 4.99 Å². The van der Waals surface area contributed by atoms with E-state index in [2.05, 4.69) is 17.1 Å². The minimum atomic E-state index is 0.566. The van der Waals surface area contributed by atoms with Crippen LogP contribution in [0.3, 0.4) is 0 Å². The van der Waals surface area contributed by atoms with Crippen molar-refractivity contribution in [1.29, 1.82) is 0 Å². The molecule has 1 spiro atoms. The maximum absolute atomic E-state index is 4.81. The Labute approximate surface area is 121 Å². The van der Waals surface area contributed by atoms with E-state index in [1.165, 1.54) is 62.5 Å². The number of hydrogen-bond acceptors (Lipinski definition) is 4. The molecule has 3 aliphatic rings. The Morgan fingerprint density at radius 2 is 2.00 bits per heavy atom. The molecule has 2 heterocycles. The van der Waals surface area contributed by atoms with Crippen LogP contribution in [0.25, 0.3) is 0 Å². The number of rotatable bonds is 3. The standard InChI is InChI=1S/C15H27N3S/c1-13(18-8-4-5-9-18)10-16-14-17-11-15(12-19-14)6-2-3-7-15/h13H,2-12H2,1H3,(H,16,17). The van der Waals surface area contributed by atoms with Crippen LogP contribution in [0.5, 0.6) is 0 Å². The van der Waals surface area contributed by atoms with E-state index in [1.54, 1.807) is 0 Å². The number of thioether (sulfide) groups is 1. The molecule has 2 fully saturated rings. The molecule has 3 rings (SSSR count). The van der Waals surface area contributed by atoms with Crippen molar-refractivity contribution >= 4 is 16.9 Å². The van der Waals surface area contributed by atoms with Gasteiger partial charge in [-0.2, -0.15) is 0 Å². The highest BCUT2D eigenvalue weighted by molar-refractivity contribution is 8.13. The predicted molar refractivity (Wildman–Crippen MR) is 83.9 cm³/mol. The Morgan fingerprint density at radius 1 is 1.26 bits per heavy atom. The van der Waals surface area contributed by atoms with Gasteiger partial charge in [0, 0.05) is 24.9 Å². The van der Waals surface area contributed by atoms with Crippen molar-refractivity contribution in [1.82, 2.24) is 10.2 Å². The summed E-state index contributed by atoms with van der Waals surface area (Å²) in [5.74, 6) is 1.29. The first-order chi connectivity index (χ1) is 9.27. The molecule has 19 heavy (non-hydrogen) atoms. The van der Waals surface area contributed by atoms with Crippen LogP contribution in [-0.4, -0.2) is 48.0 Å². The molecule has 1 saturated carbocycles. The number of hydrogen-bond donors (Lipinski definition) is 1. The van der Waals surface area contributed by atoms with Gasteiger partial charge in [0.15, 0.2) is 5.17 Å². The van der Waals surface area contributed by atoms with Gasteiger partial charge >= 0.3 is 0 Å². The van der Waals surface area contributed by atoms with Crippen molar-refractivity contribution in [3.05, 3.63) is 0 Å². The molecule has 1 saturated heterocycles. The number of nitrogens with zero attached hydrogens (tertiary/aromatic N) is 2.